The van der Waals surface area contributed by atoms with Crippen LogP contribution in [0, 0.1) is 19.7 Å². The molecular weight excluding hydrogens is 1090 g/mol. The zero-order chi connectivity index (χ0) is 56.9. The normalized spacial score (nSPS) is 11.9. The Morgan fingerprint density at radius 2 is 1.04 bits per heavy atom. The van der Waals surface area contributed by atoms with Gasteiger partial charge >= 0.3 is 36.5 Å². The number of nitrogens with zero attached hydrogens (tertiary/aromatic N) is 6. The molecule has 0 atom stereocenters. The SMILES string of the molecule is COC(=O)c1ccc(-c2cnc3c(N(CCC(F)(F)F)C(=O)OC(C)(C)C)cc(Br)cn23)cc1C.COC(=O)c1ccc(-c2cnc3c(N(CCC(F)(F)F)C(=O)OC(C)(C)C)cc(Oc4cccc(F)c4)cn23)cc1C. The van der Waals surface area contributed by atoms with Gasteiger partial charge in [0, 0.05) is 47.0 Å². The summed E-state index contributed by atoms with van der Waals surface area (Å²) >= 11 is 3.39. The second-order valence-electron chi connectivity index (χ2n) is 19.4. The number of alkyl halides is 6. The molecule has 4 heterocycles. The maximum atomic E-state index is 13.9. The second-order valence-corrected chi connectivity index (χ2v) is 20.3. The van der Waals surface area contributed by atoms with Crippen molar-refractivity contribution in [3.63, 3.8) is 0 Å². The van der Waals surface area contributed by atoms with Gasteiger partial charge in [0.05, 0.1) is 79.5 Å². The molecule has 0 aliphatic heterocycles. The number of ether oxygens (including phenoxy) is 5. The quantitative estimate of drug-likeness (QED) is 0.0652. The standard InChI is InChI=1S/C30H29F4N3O5.C24H25BrF3N3O4/c1-18-13-19(9-10-23(18)27(38)40-5)25-16-35-26-24(36(12-11-30(32,33)34)28(39)42-29(2,3)4)15-22(17-37(25)26)41-21-8-6-7-20(31)14-21;1-14-10-15(6-7-17(14)21(32)34-5)19-12-29-20-18(11-16(25)13-31(19)20)30(9-8-24(26,27)28)22(33)35-23(2,3)4/h6-10,13-17H,11-12H2,1-5H3;6-7,10-13H,8-9H2,1-5H3. The number of aromatic nitrogens is 4. The fourth-order valence-corrected chi connectivity index (χ4v) is 8.11. The minimum atomic E-state index is -4.56. The third kappa shape index (κ3) is 15.3. The number of rotatable bonds is 12. The molecule has 0 aliphatic carbocycles. The van der Waals surface area contributed by atoms with E-state index in [4.69, 9.17) is 23.7 Å². The van der Waals surface area contributed by atoms with Crippen molar-refractivity contribution in [1.82, 2.24) is 18.8 Å². The highest BCUT2D eigenvalue weighted by Gasteiger charge is 2.35. The summed E-state index contributed by atoms with van der Waals surface area (Å²) < 4.78 is 123. The summed E-state index contributed by atoms with van der Waals surface area (Å²) in [6.45, 7) is 11.8. The van der Waals surface area contributed by atoms with Crippen LogP contribution >= 0.6 is 15.9 Å². The predicted molar refractivity (Wildman–Crippen MR) is 276 cm³/mol. The largest absolute Gasteiger partial charge is 0.465 e. The van der Waals surface area contributed by atoms with Crippen LogP contribution in [0.25, 0.3) is 33.8 Å². The van der Waals surface area contributed by atoms with Crippen LogP contribution < -0.4 is 14.5 Å². The number of carbonyl (C=O) groups is 4. The van der Waals surface area contributed by atoms with Crippen LogP contribution in [0.15, 0.2) is 102 Å². The molecule has 23 heteroatoms. The molecule has 7 rings (SSSR count). The topological polar surface area (TPSA) is 156 Å². The zero-order valence-corrected chi connectivity index (χ0v) is 45.0. The first-order chi connectivity index (χ1) is 35.8. The molecule has 0 aliphatic rings. The summed E-state index contributed by atoms with van der Waals surface area (Å²) in [6, 6.07) is 18.3. The fourth-order valence-electron chi connectivity index (χ4n) is 7.68. The van der Waals surface area contributed by atoms with Gasteiger partial charge in [-0.25, -0.2) is 33.5 Å². The maximum absolute atomic E-state index is 13.9. The Labute approximate surface area is 446 Å². The molecule has 0 saturated heterocycles. The number of hydrogen-bond acceptors (Lipinski definition) is 11. The van der Waals surface area contributed by atoms with Crippen molar-refractivity contribution in [3.8, 4) is 34.0 Å². The Bertz CT molecular complexity index is 3330. The highest BCUT2D eigenvalue weighted by atomic mass is 79.9. The first-order valence-corrected chi connectivity index (χ1v) is 24.3. The van der Waals surface area contributed by atoms with E-state index in [-0.39, 0.29) is 34.2 Å². The second kappa shape index (κ2) is 23.3. The van der Waals surface area contributed by atoms with Gasteiger partial charge in [0.15, 0.2) is 11.3 Å². The fraction of sp³-hybridized carbons (Fsp3) is 0.333. The van der Waals surface area contributed by atoms with Crippen molar-refractivity contribution in [2.45, 2.75) is 91.8 Å². The molecule has 4 aromatic heterocycles. The Morgan fingerprint density at radius 3 is 1.44 bits per heavy atom. The van der Waals surface area contributed by atoms with Gasteiger partial charge in [-0.2, -0.15) is 26.3 Å². The monoisotopic (exact) mass is 1140 g/mol. The number of esters is 2. The van der Waals surface area contributed by atoms with Gasteiger partial charge in [0.2, 0.25) is 0 Å². The summed E-state index contributed by atoms with van der Waals surface area (Å²) in [5.41, 5.74) is 3.12. The third-order valence-corrected chi connectivity index (χ3v) is 11.5. The number of imidazole rings is 2. The number of pyridine rings is 2. The number of carbonyl (C=O) groups excluding carboxylic acids is 4. The minimum absolute atomic E-state index is 0.0171. The molecule has 0 radical (unpaired) electrons. The van der Waals surface area contributed by atoms with Crippen molar-refractivity contribution >= 4 is 62.7 Å². The minimum Gasteiger partial charge on any atom is -0.465 e. The number of halogens is 8. The molecular formula is C54H54BrF7N6O9. The lowest BCUT2D eigenvalue weighted by molar-refractivity contribution is -0.133. The molecule has 410 valence electrons. The van der Waals surface area contributed by atoms with E-state index in [1.807, 2.05) is 0 Å². The Morgan fingerprint density at radius 1 is 0.597 bits per heavy atom. The molecule has 15 nitrogen and oxygen atoms in total. The number of benzene rings is 3. The third-order valence-electron chi connectivity index (χ3n) is 11.0. The molecule has 0 bridgehead atoms. The highest BCUT2D eigenvalue weighted by molar-refractivity contribution is 9.10. The molecule has 7 aromatic rings. The van der Waals surface area contributed by atoms with E-state index in [0.29, 0.717) is 49.2 Å². The number of methoxy groups -OCH3 is 2. The van der Waals surface area contributed by atoms with Crippen molar-refractivity contribution in [2.24, 2.45) is 0 Å². The van der Waals surface area contributed by atoms with Gasteiger partial charge in [0.25, 0.3) is 0 Å². The highest BCUT2D eigenvalue weighted by Crippen LogP contribution is 2.37. The number of anilines is 2. The maximum Gasteiger partial charge on any atom is 0.414 e. The first kappa shape index (κ1) is 58.6. The van der Waals surface area contributed by atoms with Crippen LogP contribution in [-0.4, -0.2) is 93.8 Å². The van der Waals surface area contributed by atoms with E-state index in [0.717, 1.165) is 15.9 Å². The Balaban J connectivity index is 0.000000254. The van der Waals surface area contributed by atoms with Crippen LogP contribution in [0.5, 0.6) is 11.5 Å². The molecule has 3 aromatic carbocycles. The van der Waals surface area contributed by atoms with Crippen LogP contribution in [-0.2, 0) is 18.9 Å². The lowest BCUT2D eigenvalue weighted by Crippen LogP contribution is -2.39. The van der Waals surface area contributed by atoms with Gasteiger partial charge in [-0.15, -0.1) is 0 Å². The number of fused-ring (bicyclic) bond motifs is 2. The van der Waals surface area contributed by atoms with Gasteiger partial charge in [-0.1, -0.05) is 18.2 Å². The van der Waals surface area contributed by atoms with Crippen molar-refractivity contribution in [2.75, 3.05) is 37.1 Å². The number of hydrogen-bond donors (Lipinski definition) is 0. The zero-order valence-electron chi connectivity index (χ0n) is 43.4. The lowest BCUT2D eigenvalue weighted by atomic mass is 10.0. The van der Waals surface area contributed by atoms with Crippen LogP contribution in [0.2, 0.25) is 0 Å². The van der Waals surface area contributed by atoms with Gasteiger partial charge in [0.1, 0.15) is 28.5 Å². The predicted octanol–water partition coefficient (Wildman–Crippen LogP) is 14.3. The number of amides is 2. The van der Waals surface area contributed by atoms with E-state index in [1.165, 1.54) is 56.9 Å². The van der Waals surface area contributed by atoms with Gasteiger partial charge in [-0.3, -0.25) is 18.6 Å². The molecule has 0 spiro atoms. The number of aryl methyl sites for hydroxylation is 2. The lowest BCUT2D eigenvalue weighted by Gasteiger charge is -2.28. The summed E-state index contributed by atoms with van der Waals surface area (Å²) in [4.78, 5) is 60.8. The van der Waals surface area contributed by atoms with E-state index in [9.17, 15) is 49.9 Å². The first-order valence-electron chi connectivity index (χ1n) is 23.5. The van der Waals surface area contributed by atoms with Crippen LogP contribution in [0.4, 0.5) is 51.7 Å². The smallest absolute Gasteiger partial charge is 0.414 e. The van der Waals surface area contributed by atoms with E-state index in [1.54, 1.807) is 113 Å². The summed E-state index contributed by atoms with van der Waals surface area (Å²) in [6.07, 6.45) is -7.24. The molecule has 0 fully saturated rings. The average Bonchev–Trinajstić information content (AvgIpc) is 3.95. The van der Waals surface area contributed by atoms with Gasteiger partial charge in [-0.05, 0) is 125 Å². The Hall–Kier alpha value is -7.69. The van der Waals surface area contributed by atoms with Crippen molar-refractivity contribution < 1.29 is 73.6 Å². The summed E-state index contributed by atoms with van der Waals surface area (Å²) in [5.74, 6) is -1.32. The van der Waals surface area contributed by atoms with Crippen molar-refractivity contribution in [1.29, 1.82) is 0 Å². The summed E-state index contributed by atoms with van der Waals surface area (Å²) in [7, 11) is 2.57. The van der Waals surface area contributed by atoms with Crippen molar-refractivity contribution in [3.05, 3.63) is 130 Å². The van der Waals surface area contributed by atoms with E-state index < -0.39 is 79.4 Å². The molecule has 77 heavy (non-hydrogen) atoms. The molecule has 0 unspecified atom stereocenters. The molecule has 0 saturated carbocycles. The van der Waals surface area contributed by atoms with Crippen LogP contribution in [0.3, 0.4) is 0 Å². The summed E-state index contributed by atoms with van der Waals surface area (Å²) in [5, 5.41) is 0. The molecule has 2 amide bonds. The average molecular weight is 1140 g/mol. The molecule has 0 N–H and O–H groups in total. The van der Waals surface area contributed by atoms with Crippen LogP contribution in [0.1, 0.15) is 86.2 Å². The van der Waals surface area contributed by atoms with E-state index >= 15 is 0 Å². The van der Waals surface area contributed by atoms with Gasteiger partial charge < -0.3 is 23.7 Å². The van der Waals surface area contributed by atoms with E-state index in [2.05, 4.69) is 25.9 Å². The Kier molecular flexibility index (Phi) is 17.7.